The first-order valence-electron chi connectivity index (χ1n) is 7.10. The molecule has 0 unspecified atom stereocenters. The molecular formula is C14H31GeO3SSi. The van der Waals surface area contributed by atoms with Gasteiger partial charge in [-0.15, -0.1) is 0 Å². The molecule has 119 valence electrons. The van der Waals surface area contributed by atoms with Gasteiger partial charge in [0.1, 0.15) is 0 Å². The first kappa shape index (κ1) is 25.3. The van der Waals surface area contributed by atoms with Gasteiger partial charge in [-0.3, -0.25) is 0 Å². The molecule has 20 heavy (non-hydrogen) atoms. The molecule has 0 saturated carbocycles. The van der Waals surface area contributed by atoms with Crippen molar-refractivity contribution in [3.05, 3.63) is 17.5 Å². The maximum atomic E-state index is 9.58. The summed E-state index contributed by atoms with van der Waals surface area (Å²) in [5.74, 6) is 0. The summed E-state index contributed by atoms with van der Waals surface area (Å²) in [6, 6.07) is 7.20. The summed E-state index contributed by atoms with van der Waals surface area (Å²) in [7, 11) is -1.67. The van der Waals surface area contributed by atoms with Crippen molar-refractivity contribution in [2.75, 3.05) is 13.2 Å². The van der Waals surface area contributed by atoms with Crippen molar-refractivity contribution in [1.29, 1.82) is 0 Å². The van der Waals surface area contributed by atoms with Gasteiger partial charge >= 0.3 is 49.1 Å². The molecule has 0 bridgehead atoms. The number of aliphatic hydroxyl groups is 2. The molecule has 1 aromatic heterocycles. The molecule has 3 N–H and O–H groups in total. The third-order valence-corrected chi connectivity index (χ3v) is 8.22. The second-order valence-corrected chi connectivity index (χ2v) is 11.3. The van der Waals surface area contributed by atoms with Crippen LogP contribution in [0, 0.1) is 0 Å². The van der Waals surface area contributed by atoms with Crippen molar-refractivity contribution in [1.82, 2.24) is 0 Å². The Kier molecular flexibility index (Phi) is 24.5. The molecule has 0 aliphatic carbocycles. The fourth-order valence-electron chi connectivity index (χ4n) is 1.03. The quantitative estimate of drug-likeness (QED) is 0.707. The van der Waals surface area contributed by atoms with Crippen LogP contribution < -0.4 is 3.71 Å². The fraction of sp³-hybridized carbons (Fsp3) is 0.714. The zero-order valence-electron chi connectivity index (χ0n) is 13.5. The summed E-state index contributed by atoms with van der Waals surface area (Å²) in [6.07, 6.45) is 0. The molecule has 1 heterocycles. The SMILES string of the molecule is CCO.CCO.CC[Si](O)(CC)CC.[Ge][c]1cccs1. The van der Waals surface area contributed by atoms with Crippen molar-refractivity contribution >= 4 is 39.9 Å². The van der Waals surface area contributed by atoms with E-state index in [9.17, 15) is 4.80 Å². The normalized spacial score (nSPS) is 9.25. The average molecular weight is 380 g/mol. The van der Waals surface area contributed by atoms with E-state index in [1.165, 1.54) is 3.71 Å². The maximum absolute atomic E-state index is 9.58. The third-order valence-electron chi connectivity index (χ3n) is 2.50. The van der Waals surface area contributed by atoms with Crippen LogP contribution in [0.2, 0.25) is 18.1 Å². The van der Waals surface area contributed by atoms with Crippen LogP contribution in [0.25, 0.3) is 0 Å². The Labute approximate surface area is 138 Å². The number of hydrogen-bond acceptors (Lipinski definition) is 4. The molecule has 0 spiro atoms. The predicted octanol–water partition coefficient (Wildman–Crippen LogP) is 2.52. The standard InChI is InChI=1S/C6H16OSi.C4H3GeS.2C2H6O/c1-4-8(7,5-2)6-3;5-4-2-1-3-6-4;2*1-2-3/h7H,4-6H2,1-3H3;1-3H;2*3H,2H2,1H3. The molecule has 0 amide bonds. The number of thiophene rings is 1. The zero-order valence-corrected chi connectivity index (χ0v) is 17.4. The van der Waals surface area contributed by atoms with E-state index in [1.54, 1.807) is 25.2 Å². The van der Waals surface area contributed by atoms with Crippen LogP contribution in [-0.4, -0.2) is 53.1 Å². The van der Waals surface area contributed by atoms with Gasteiger partial charge in [0, 0.05) is 13.2 Å². The van der Waals surface area contributed by atoms with Crippen LogP contribution in [0.5, 0.6) is 0 Å². The molecule has 3 radical (unpaired) electrons. The monoisotopic (exact) mass is 381 g/mol. The van der Waals surface area contributed by atoms with E-state index in [-0.39, 0.29) is 13.2 Å². The van der Waals surface area contributed by atoms with Gasteiger partial charge in [-0.25, -0.2) is 0 Å². The van der Waals surface area contributed by atoms with Crippen LogP contribution in [0.4, 0.5) is 0 Å². The average Bonchev–Trinajstić information content (AvgIpc) is 2.91. The molecule has 0 aromatic carbocycles. The summed E-state index contributed by atoms with van der Waals surface area (Å²) in [6.45, 7) is 10.1. The van der Waals surface area contributed by atoms with Crippen LogP contribution in [0.3, 0.4) is 0 Å². The van der Waals surface area contributed by atoms with Crippen LogP contribution in [0.15, 0.2) is 17.5 Å². The predicted molar refractivity (Wildman–Crippen MR) is 94.6 cm³/mol. The molecule has 0 aliphatic rings. The topological polar surface area (TPSA) is 60.7 Å². The summed E-state index contributed by atoms with van der Waals surface area (Å²) < 4.78 is 1.38. The van der Waals surface area contributed by atoms with Gasteiger partial charge in [-0.1, -0.05) is 20.8 Å². The van der Waals surface area contributed by atoms with Crippen LogP contribution >= 0.6 is 11.3 Å². The fourth-order valence-corrected chi connectivity index (χ4v) is 3.62. The summed E-state index contributed by atoms with van der Waals surface area (Å²) >= 11 is 3.88. The second-order valence-electron chi connectivity index (χ2n) is 3.89. The minimum absolute atomic E-state index is 0.250. The van der Waals surface area contributed by atoms with Gasteiger partial charge in [-0.05, 0) is 32.0 Å². The molecule has 0 aliphatic heterocycles. The van der Waals surface area contributed by atoms with Crippen molar-refractivity contribution in [3.8, 4) is 0 Å². The van der Waals surface area contributed by atoms with E-state index in [0.29, 0.717) is 0 Å². The summed E-state index contributed by atoms with van der Waals surface area (Å²) in [5.41, 5.74) is 0. The van der Waals surface area contributed by atoms with E-state index < -0.39 is 8.32 Å². The second kappa shape index (κ2) is 19.3. The molecule has 3 nitrogen and oxygen atoms in total. The van der Waals surface area contributed by atoms with Crippen LogP contribution in [-0.2, 0) is 0 Å². The Balaban J connectivity index is -0.000000212. The molecule has 0 saturated heterocycles. The Bertz CT molecular complexity index is 245. The number of rotatable bonds is 3. The Hall–Kier alpha value is 0.340. The van der Waals surface area contributed by atoms with E-state index in [1.807, 2.05) is 0 Å². The molecule has 0 atom stereocenters. The van der Waals surface area contributed by atoms with Gasteiger partial charge in [0.2, 0.25) is 0 Å². The Morgan fingerprint density at radius 2 is 1.35 bits per heavy atom. The summed E-state index contributed by atoms with van der Waals surface area (Å²) in [5, 5.41) is 17.2. The van der Waals surface area contributed by atoms with Crippen molar-refractivity contribution in [3.63, 3.8) is 0 Å². The van der Waals surface area contributed by atoms with E-state index in [2.05, 4.69) is 54.8 Å². The van der Waals surface area contributed by atoms with Crippen molar-refractivity contribution in [2.24, 2.45) is 0 Å². The summed E-state index contributed by atoms with van der Waals surface area (Å²) in [4.78, 5) is 9.58. The van der Waals surface area contributed by atoms with E-state index >= 15 is 0 Å². The van der Waals surface area contributed by atoms with Crippen molar-refractivity contribution < 1.29 is 15.0 Å². The number of aliphatic hydroxyl groups excluding tert-OH is 2. The van der Waals surface area contributed by atoms with Gasteiger partial charge in [-0.2, -0.15) is 0 Å². The molecule has 6 heteroatoms. The molecule has 0 fully saturated rings. The first-order chi connectivity index (χ1) is 9.40. The molecule has 1 rings (SSSR count). The van der Waals surface area contributed by atoms with Gasteiger partial charge in [0.15, 0.2) is 8.32 Å². The Morgan fingerprint density at radius 3 is 1.40 bits per heavy atom. The van der Waals surface area contributed by atoms with E-state index in [0.717, 1.165) is 18.1 Å². The molecule has 1 aromatic rings. The van der Waals surface area contributed by atoms with Gasteiger partial charge < -0.3 is 15.0 Å². The zero-order chi connectivity index (χ0) is 16.4. The van der Waals surface area contributed by atoms with E-state index in [4.69, 9.17) is 10.2 Å². The van der Waals surface area contributed by atoms with Gasteiger partial charge in [0.05, 0.1) is 0 Å². The van der Waals surface area contributed by atoms with Crippen molar-refractivity contribution in [2.45, 2.75) is 52.8 Å². The Morgan fingerprint density at radius 1 is 1.00 bits per heavy atom. The minimum atomic E-state index is -1.67. The van der Waals surface area contributed by atoms with Crippen LogP contribution in [0.1, 0.15) is 34.6 Å². The van der Waals surface area contributed by atoms with Gasteiger partial charge in [0.25, 0.3) is 0 Å². The first-order valence-corrected chi connectivity index (χ1v) is 11.6. The third kappa shape index (κ3) is 20.7. The number of hydrogen-bond donors (Lipinski definition) is 3. The molecular weight excluding hydrogens is 349 g/mol.